The Labute approximate surface area is 176 Å². The lowest BCUT2D eigenvalue weighted by Crippen LogP contribution is -2.12. The average Bonchev–Trinajstić information content (AvgIpc) is 3.28. The number of nitrogens with zero attached hydrogens (tertiary/aromatic N) is 1. The Morgan fingerprint density at radius 3 is 2.63 bits per heavy atom. The van der Waals surface area contributed by atoms with Gasteiger partial charge in [0, 0.05) is 30.0 Å². The van der Waals surface area contributed by atoms with E-state index in [1.807, 2.05) is 5.38 Å². The number of benzene rings is 2. The summed E-state index contributed by atoms with van der Waals surface area (Å²) in [5, 5.41) is 18.1. The van der Waals surface area contributed by atoms with Gasteiger partial charge in [-0.3, -0.25) is 19.7 Å². The van der Waals surface area contributed by atoms with Crippen LogP contribution in [0.2, 0.25) is 0 Å². The highest BCUT2D eigenvalue weighted by molar-refractivity contribution is 7.12. The molecule has 0 saturated carbocycles. The second-order valence-corrected chi connectivity index (χ2v) is 6.97. The van der Waals surface area contributed by atoms with Gasteiger partial charge in [0.2, 0.25) is 5.91 Å². The van der Waals surface area contributed by atoms with Crippen LogP contribution in [0.5, 0.6) is 5.75 Å². The van der Waals surface area contributed by atoms with Crippen molar-refractivity contribution < 1.29 is 19.2 Å². The van der Waals surface area contributed by atoms with E-state index < -0.39 is 10.8 Å². The number of ether oxygens (including phenoxy) is 1. The number of hydrogen-bond acceptors (Lipinski definition) is 6. The average molecular weight is 423 g/mol. The van der Waals surface area contributed by atoms with Crippen LogP contribution >= 0.6 is 11.3 Å². The molecule has 0 aliphatic carbocycles. The Balaban J connectivity index is 1.67. The molecule has 0 saturated heterocycles. The van der Waals surface area contributed by atoms with Crippen LogP contribution in [0.4, 0.5) is 17.1 Å². The Bertz CT molecular complexity index is 1110. The summed E-state index contributed by atoms with van der Waals surface area (Å²) in [6.07, 6.45) is 2.76. The van der Waals surface area contributed by atoms with Gasteiger partial charge in [-0.2, -0.15) is 0 Å². The summed E-state index contributed by atoms with van der Waals surface area (Å²) in [5.74, 6) is -0.278. The van der Waals surface area contributed by atoms with Gasteiger partial charge in [-0.25, -0.2) is 0 Å². The van der Waals surface area contributed by atoms with E-state index in [0.717, 1.165) is 0 Å². The molecule has 3 aromatic rings. The van der Waals surface area contributed by atoms with E-state index in [0.29, 0.717) is 27.6 Å². The maximum absolute atomic E-state index is 12.2. The normalized spacial score (nSPS) is 10.6. The number of amides is 2. The summed E-state index contributed by atoms with van der Waals surface area (Å²) in [6.45, 7) is 0. The van der Waals surface area contributed by atoms with Crippen molar-refractivity contribution in [2.24, 2.45) is 0 Å². The second kappa shape index (κ2) is 9.48. The molecule has 0 unspecified atom stereocenters. The first-order chi connectivity index (χ1) is 14.5. The van der Waals surface area contributed by atoms with E-state index in [1.54, 1.807) is 42.5 Å². The van der Waals surface area contributed by atoms with Gasteiger partial charge < -0.3 is 15.4 Å². The number of non-ortho nitro benzene ring substituents is 1. The predicted octanol–water partition coefficient (Wildman–Crippen LogP) is 4.57. The van der Waals surface area contributed by atoms with Gasteiger partial charge in [0.1, 0.15) is 5.75 Å². The number of thiophene rings is 1. The van der Waals surface area contributed by atoms with Crippen molar-refractivity contribution in [3.8, 4) is 5.75 Å². The summed E-state index contributed by atoms with van der Waals surface area (Å²) < 4.78 is 5.31. The molecule has 0 aliphatic heterocycles. The molecule has 8 nitrogen and oxygen atoms in total. The van der Waals surface area contributed by atoms with Crippen molar-refractivity contribution >= 4 is 46.3 Å². The largest absolute Gasteiger partial charge is 0.494 e. The first kappa shape index (κ1) is 20.7. The molecule has 2 amide bonds. The zero-order chi connectivity index (χ0) is 21.5. The zero-order valence-electron chi connectivity index (χ0n) is 15.8. The van der Waals surface area contributed by atoms with Crippen LogP contribution in [0.25, 0.3) is 6.08 Å². The molecular formula is C21H17N3O5S. The van der Waals surface area contributed by atoms with Crippen molar-refractivity contribution in [2.45, 2.75) is 0 Å². The molecule has 3 rings (SSSR count). The van der Waals surface area contributed by atoms with Crippen LogP contribution < -0.4 is 15.4 Å². The maximum atomic E-state index is 12.2. The number of nitro groups is 1. The molecular weight excluding hydrogens is 406 g/mol. The van der Waals surface area contributed by atoms with Crippen molar-refractivity contribution in [3.05, 3.63) is 86.6 Å². The first-order valence-electron chi connectivity index (χ1n) is 8.72. The summed E-state index contributed by atoms with van der Waals surface area (Å²) in [4.78, 5) is 35.3. The maximum Gasteiger partial charge on any atom is 0.270 e. The van der Waals surface area contributed by atoms with Crippen molar-refractivity contribution in [2.75, 3.05) is 17.7 Å². The fraction of sp³-hybridized carbons (Fsp3) is 0.0476. The van der Waals surface area contributed by atoms with Gasteiger partial charge in [0.05, 0.1) is 22.6 Å². The number of anilines is 2. The van der Waals surface area contributed by atoms with Crippen LogP contribution in [0.15, 0.2) is 66.1 Å². The van der Waals surface area contributed by atoms with Crippen LogP contribution in [0.1, 0.15) is 15.2 Å². The van der Waals surface area contributed by atoms with E-state index in [2.05, 4.69) is 10.6 Å². The fourth-order valence-electron chi connectivity index (χ4n) is 2.56. The van der Waals surface area contributed by atoms with Gasteiger partial charge in [-0.1, -0.05) is 18.2 Å². The van der Waals surface area contributed by atoms with Gasteiger partial charge in [0.25, 0.3) is 11.6 Å². The summed E-state index contributed by atoms with van der Waals surface area (Å²) in [5.41, 5.74) is 1.42. The van der Waals surface area contributed by atoms with Gasteiger partial charge in [0.15, 0.2) is 0 Å². The van der Waals surface area contributed by atoms with Crippen molar-refractivity contribution in [1.82, 2.24) is 0 Å². The molecule has 0 fully saturated rings. The highest BCUT2D eigenvalue weighted by Gasteiger charge is 2.12. The smallest absolute Gasteiger partial charge is 0.270 e. The molecule has 9 heteroatoms. The molecule has 0 atom stereocenters. The highest BCUT2D eigenvalue weighted by Crippen LogP contribution is 2.29. The number of nitrogens with one attached hydrogen (secondary N) is 2. The van der Waals surface area contributed by atoms with Crippen LogP contribution in [0, 0.1) is 10.1 Å². The minimum Gasteiger partial charge on any atom is -0.494 e. The van der Waals surface area contributed by atoms with E-state index in [-0.39, 0.29) is 11.6 Å². The third kappa shape index (κ3) is 5.30. The van der Waals surface area contributed by atoms with Crippen LogP contribution in [-0.4, -0.2) is 23.8 Å². The third-order valence-corrected chi connectivity index (χ3v) is 4.84. The number of hydrogen-bond donors (Lipinski definition) is 2. The Hall–Kier alpha value is -3.98. The topological polar surface area (TPSA) is 111 Å². The fourth-order valence-corrected chi connectivity index (χ4v) is 3.18. The van der Waals surface area contributed by atoms with Crippen molar-refractivity contribution in [1.29, 1.82) is 0 Å². The van der Waals surface area contributed by atoms with E-state index in [9.17, 15) is 19.7 Å². The molecule has 1 heterocycles. The standard InChI is InChI=1S/C21H17N3O5S/c1-29-18-13-15(8-9-17(18)23-21(26)19-6-3-11-30-19)22-20(25)10-7-14-4-2-5-16(12-14)24(27)28/h2-13H,1H3,(H,22,25)(H,23,26)/b10-7+. The zero-order valence-corrected chi connectivity index (χ0v) is 16.6. The Morgan fingerprint density at radius 2 is 1.93 bits per heavy atom. The van der Waals surface area contributed by atoms with Gasteiger partial charge in [-0.05, 0) is 35.2 Å². The van der Waals surface area contributed by atoms with Crippen LogP contribution in [-0.2, 0) is 4.79 Å². The molecule has 2 N–H and O–H groups in total. The molecule has 1 aromatic heterocycles. The monoisotopic (exact) mass is 423 g/mol. The lowest BCUT2D eigenvalue weighted by atomic mass is 10.2. The first-order valence-corrected chi connectivity index (χ1v) is 9.60. The lowest BCUT2D eigenvalue weighted by molar-refractivity contribution is -0.384. The van der Waals surface area contributed by atoms with E-state index in [4.69, 9.17) is 4.74 Å². The molecule has 152 valence electrons. The van der Waals surface area contributed by atoms with E-state index in [1.165, 1.54) is 42.7 Å². The summed E-state index contributed by atoms with van der Waals surface area (Å²) >= 11 is 1.33. The minimum absolute atomic E-state index is 0.0533. The van der Waals surface area contributed by atoms with Crippen LogP contribution in [0.3, 0.4) is 0 Å². The van der Waals surface area contributed by atoms with E-state index >= 15 is 0 Å². The Morgan fingerprint density at radius 1 is 1.10 bits per heavy atom. The second-order valence-electron chi connectivity index (χ2n) is 6.02. The SMILES string of the molecule is COc1cc(NC(=O)/C=C/c2cccc([N+](=O)[O-])c2)ccc1NC(=O)c1cccs1. The molecule has 0 radical (unpaired) electrons. The molecule has 0 spiro atoms. The molecule has 30 heavy (non-hydrogen) atoms. The third-order valence-electron chi connectivity index (χ3n) is 3.97. The summed E-state index contributed by atoms with van der Waals surface area (Å²) in [7, 11) is 1.46. The number of carbonyl (C=O) groups is 2. The number of nitro benzene ring substituents is 1. The number of methoxy groups -OCH3 is 1. The summed E-state index contributed by atoms with van der Waals surface area (Å²) in [6, 6.07) is 14.3. The molecule has 0 bridgehead atoms. The van der Waals surface area contributed by atoms with Crippen molar-refractivity contribution in [3.63, 3.8) is 0 Å². The van der Waals surface area contributed by atoms with Gasteiger partial charge >= 0.3 is 0 Å². The predicted molar refractivity (Wildman–Crippen MR) is 116 cm³/mol. The number of rotatable bonds is 7. The quantitative estimate of drug-likeness (QED) is 0.329. The highest BCUT2D eigenvalue weighted by atomic mass is 32.1. The molecule has 0 aliphatic rings. The lowest BCUT2D eigenvalue weighted by Gasteiger charge is -2.11. The number of carbonyl (C=O) groups excluding carboxylic acids is 2. The molecule has 2 aromatic carbocycles. The minimum atomic E-state index is -0.498. The Kier molecular flexibility index (Phi) is 6.56. The van der Waals surface area contributed by atoms with Gasteiger partial charge in [-0.15, -0.1) is 11.3 Å².